The van der Waals surface area contributed by atoms with Crippen LogP contribution in [0.4, 0.5) is 0 Å². The largest absolute Gasteiger partial charge is 1.00 e. The number of hydrogen-bond acceptors (Lipinski definition) is 3. The Morgan fingerprint density at radius 2 is 2.29 bits per heavy atom. The zero-order chi connectivity index (χ0) is 4.99. The first-order valence-corrected chi connectivity index (χ1v) is 1.38. The van der Waals surface area contributed by atoms with Crippen molar-refractivity contribution < 1.29 is 34.6 Å². The van der Waals surface area contributed by atoms with Crippen LogP contribution in [-0.2, 0) is 14.3 Å². The second kappa shape index (κ2) is 5.74. The van der Waals surface area contributed by atoms with Gasteiger partial charge in [-0.1, -0.05) is 0 Å². The summed E-state index contributed by atoms with van der Waals surface area (Å²) in [7, 11) is 0. The minimum Gasteiger partial charge on any atom is -1.00 e. The molecule has 3 nitrogen and oxygen atoms in total. The van der Waals surface area contributed by atoms with Gasteiger partial charge in [0.05, 0.1) is 0 Å². The molecule has 0 fully saturated rings. The summed E-state index contributed by atoms with van der Waals surface area (Å²) < 4.78 is 3.72. The van der Waals surface area contributed by atoms with Gasteiger partial charge in [0.2, 0.25) is 0 Å². The molecule has 0 unspecified atom stereocenters. The summed E-state index contributed by atoms with van der Waals surface area (Å²) in [5.74, 6) is -0.579. The van der Waals surface area contributed by atoms with Crippen LogP contribution in [0.2, 0.25) is 0 Å². The predicted octanol–water partition coefficient (Wildman–Crippen LogP) is -3.18. The number of carbonyl (C=O) groups is 2. The Labute approximate surface area is 54.7 Å². The van der Waals surface area contributed by atoms with Gasteiger partial charge in [-0.25, -0.2) is 0 Å². The van der Waals surface area contributed by atoms with Crippen molar-refractivity contribution in [2.24, 2.45) is 0 Å². The van der Waals surface area contributed by atoms with Crippen molar-refractivity contribution >= 4 is 12.4 Å². The Balaban J connectivity index is -0.000000125. The van der Waals surface area contributed by atoms with Gasteiger partial charge in [-0.2, -0.15) is 0 Å². The summed E-state index contributed by atoms with van der Waals surface area (Å²) >= 11 is 0. The topological polar surface area (TPSA) is 43.4 Å². The van der Waals surface area contributed by atoms with Crippen molar-refractivity contribution in [2.75, 3.05) is 0 Å². The summed E-state index contributed by atoms with van der Waals surface area (Å²) in [5, 5.41) is 0. The molecule has 0 saturated carbocycles. The van der Waals surface area contributed by atoms with E-state index in [1.165, 1.54) is 0 Å². The maximum Gasteiger partial charge on any atom is 1.00 e. The fourth-order valence-electron chi connectivity index (χ4n) is 0.0678. The molecular weight excluding hydrogens is 91.0 g/mol. The molecule has 0 N–H and O–H groups in total. The molecule has 0 aromatic rings. The molecule has 4 heteroatoms. The van der Waals surface area contributed by atoms with Gasteiger partial charge in [0.15, 0.2) is 0 Å². The molecule has 0 radical (unpaired) electrons. The molecule has 0 aliphatic heterocycles. The van der Waals surface area contributed by atoms with Crippen LogP contribution in [0.3, 0.4) is 0 Å². The summed E-state index contributed by atoms with van der Waals surface area (Å²) in [4.78, 5) is 18.8. The van der Waals surface area contributed by atoms with E-state index in [1.807, 2.05) is 0 Å². The average molecular weight is 96.0 g/mol. The quantitative estimate of drug-likeness (QED) is 0.150. The molecule has 0 bridgehead atoms. The van der Waals surface area contributed by atoms with Crippen molar-refractivity contribution in [3.05, 3.63) is 0 Å². The molecule has 0 spiro atoms. The van der Waals surface area contributed by atoms with Crippen LogP contribution >= 0.6 is 0 Å². The first-order valence-electron chi connectivity index (χ1n) is 1.38. The van der Waals surface area contributed by atoms with E-state index in [1.54, 1.807) is 0 Å². The monoisotopic (exact) mass is 96.0 g/mol. The van der Waals surface area contributed by atoms with Crippen LogP contribution in [0.1, 0.15) is 8.35 Å². The van der Waals surface area contributed by atoms with E-state index in [4.69, 9.17) is 0 Å². The van der Waals surface area contributed by atoms with Gasteiger partial charge >= 0.3 is 31.3 Å². The average Bonchev–Trinajstić information content (AvgIpc) is 1.35. The van der Waals surface area contributed by atoms with Gasteiger partial charge < -0.3 is 6.16 Å². The fraction of sp³-hybridized carbons (Fsp3) is 0.333. The standard InChI is InChI=1S/C3H4O3.Li.H/c1-3(5)6-2-4;;/h2H,1H3;;/q;+1;-1. The van der Waals surface area contributed by atoms with E-state index in [0.29, 0.717) is 0 Å². The second-order valence-electron chi connectivity index (χ2n) is 0.706. The Morgan fingerprint density at radius 3 is 2.29 bits per heavy atom. The minimum absolute atomic E-state index is 0. The summed E-state index contributed by atoms with van der Waals surface area (Å²) in [6.45, 7) is 1.26. The third-order valence-electron chi connectivity index (χ3n) is 0.214. The van der Waals surface area contributed by atoms with E-state index < -0.39 is 5.97 Å². The smallest absolute Gasteiger partial charge is 1.00 e. The second-order valence-corrected chi connectivity index (χ2v) is 0.706. The van der Waals surface area contributed by atoms with Crippen molar-refractivity contribution in [1.82, 2.24) is 0 Å². The molecule has 0 aromatic heterocycles. The SMILES string of the molecule is CC(=O)OC=O.[H-].[Li+]. The number of hydrogen-bond donors (Lipinski definition) is 0. The van der Waals surface area contributed by atoms with Crippen LogP contribution in [-0.4, -0.2) is 12.4 Å². The molecule has 0 rings (SSSR count). The van der Waals surface area contributed by atoms with E-state index >= 15 is 0 Å². The van der Waals surface area contributed by atoms with E-state index in [-0.39, 0.29) is 26.8 Å². The van der Waals surface area contributed by atoms with Crippen LogP contribution in [0, 0.1) is 0 Å². The van der Waals surface area contributed by atoms with Crippen molar-refractivity contribution in [3.63, 3.8) is 0 Å². The molecule has 36 valence electrons. The molecule has 0 aliphatic rings. The molecule has 0 aromatic carbocycles. The Morgan fingerprint density at radius 1 is 1.86 bits per heavy atom. The first kappa shape index (κ1) is 9.88. The van der Waals surface area contributed by atoms with Crippen molar-refractivity contribution in [1.29, 1.82) is 0 Å². The number of ether oxygens (including phenoxy) is 1. The molecule has 0 amide bonds. The van der Waals surface area contributed by atoms with Crippen LogP contribution < -0.4 is 18.9 Å². The number of rotatable bonds is 1. The van der Waals surface area contributed by atoms with Gasteiger partial charge in [0.25, 0.3) is 0 Å². The molecule has 7 heavy (non-hydrogen) atoms. The van der Waals surface area contributed by atoms with Crippen LogP contribution in [0.25, 0.3) is 0 Å². The van der Waals surface area contributed by atoms with E-state index in [0.717, 1.165) is 6.92 Å². The van der Waals surface area contributed by atoms with E-state index in [2.05, 4.69) is 4.74 Å². The predicted molar refractivity (Wildman–Crippen MR) is 18.9 cm³/mol. The summed E-state index contributed by atoms with van der Waals surface area (Å²) in [5.41, 5.74) is 0. The molecule has 0 aliphatic carbocycles. The zero-order valence-electron chi connectivity index (χ0n) is 5.30. The molecule has 0 heterocycles. The third-order valence-corrected chi connectivity index (χ3v) is 0.214. The Hall–Kier alpha value is -0.263. The maximum absolute atomic E-state index is 9.59. The maximum atomic E-state index is 9.59. The van der Waals surface area contributed by atoms with Crippen LogP contribution in [0.15, 0.2) is 0 Å². The summed E-state index contributed by atoms with van der Waals surface area (Å²) in [6, 6.07) is 0. The fourth-order valence-corrected chi connectivity index (χ4v) is 0.0678. The Bertz CT molecular complexity index is 74.9. The van der Waals surface area contributed by atoms with Gasteiger partial charge in [-0.05, 0) is 0 Å². The number of esters is 1. The zero-order valence-corrected chi connectivity index (χ0v) is 4.30. The van der Waals surface area contributed by atoms with E-state index in [9.17, 15) is 9.59 Å². The van der Waals surface area contributed by atoms with Crippen molar-refractivity contribution in [2.45, 2.75) is 6.92 Å². The van der Waals surface area contributed by atoms with Gasteiger partial charge in [0, 0.05) is 6.92 Å². The van der Waals surface area contributed by atoms with Gasteiger partial charge in [-0.3, -0.25) is 9.59 Å². The molecule has 0 atom stereocenters. The van der Waals surface area contributed by atoms with Gasteiger partial charge in [-0.15, -0.1) is 0 Å². The van der Waals surface area contributed by atoms with Crippen molar-refractivity contribution in [3.8, 4) is 0 Å². The minimum atomic E-state index is -0.579. The van der Waals surface area contributed by atoms with Gasteiger partial charge in [0.1, 0.15) is 0 Å². The first-order chi connectivity index (χ1) is 2.77. The molecule has 0 saturated heterocycles. The molecular formula is C3H5LiO3. The summed E-state index contributed by atoms with van der Waals surface area (Å²) in [6.07, 6.45) is 0. The normalized spacial score (nSPS) is 5.86. The Kier molecular flexibility index (Phi) is 8.10. The number of carbonyl (C=O) groups excluding carboxylic acids is 2. The third kappa shape index (κ3) is 10.7. The van der Waals surface area contributed by atoms with Crippen LogP contribution in [0.5, 0.6) is 0 Å².